The normalized spacial score (nSPS) is 14.5. The standard InChI is InChI=1S/C23H18N4O/c1-16-12-14-17(15-13-16)20-25-26-22-24-23(21(28)27(20)22,18-8-4-2-5-9-18)19-10-6-3-7-11-19/h2-15H,1H3,(H,24,26). The third-order valence-corrected chi connectivity index (χ3v) is 5.21. The molecule has 0 unspecified atom stereocenters. The summed E-state index contributed by atoms with van der Waals surface area (Å²) in [6, 6.07) is 27.4. The van der Waals surface area contributed by atoms with Gasteiger partial charge in [0.1, 0.15) is 0 Å². The van der Waals surface area contributed by atoms with E-state index >= 15 is 0 Å². The largest absolute Gasteiger partial charge is 0.332 e. The molecule has 1 aromatic heterocycles. The first-order valence-corrected chi connectivity index (χ1v) is 9.16. The fraction of sp³-hybridized carbons (Fsp3) is 0.0870. The van der Waals surface area contributed by atoms with E-state index in [-0.39, 0.29) is 5.91 Å². The van der Waals surface area contributed by atoms with E-state index in [0.29, 0.717) is 11.8 Å². The smallest absolute Gasteiger partial charge is 0.270 e. The quantitative estimate of drug-likeness (QED) is 0.588. The van der Waals surface area contributed by atoms with Gasteiger partial charge in [-0.25, -0.2) is 4.57 Å². The Kier molecular flexibility index (Phi) is 3.62. The summed E-state index contributed by atoms with van der Waals surface area (Å²) in [6.07, 6.45) is 0. The average molecular weight is 366 g/mol. The number of nitrogens with zero attached hydrogens (tertiary/aromatic N) is 3. The molecule has 5 rings (SSSR count). The molecule has 3 aromatic carbocycles. The number of rotatable bonds is 3. The van der Waals surface area contributed by atoms with Gasteiger partial charge in [-0.2, -0.15) is 0 Å². The summed E-state index contributed by atoms with van der Waals surface area (Å²) in [5.41, 5.74) is 2.71. The highest BCUT2D eigenvalue weighted by atomic mass is 16.2. The van der Waals surface area contributed by atoms with Crippen molar-refractivity contribution in [2.75, 3.05) is 5.32 Å². The number of benzene rings is 3. The van der Waals surface area contributed by atoms with Gasteiger partial charge in [0, 0.05) is 5.56 Å². The molecule has 0 saturated carbocycles. The second kappa shape index (κ2) is 6.16. The van der Waals surface area contributed by atoms with Gasteiger partial charge in [-0.1, -0.05) is 90.5 Å². The Balaban J connectivity index is 1.71. The second-order valence-corrected chi connectivity index (χ2v) is 6.96. The van der Waals surface area contributed by atoms with Gasteiger partial charge in [0.25, 0.3) is 5.91 Å². The van der Waals surface area contributed by atoms with Gasteiger partial charge >= 0.3 is 0 Å². The molecule has 0 saturated heterocycles. The SMILES string of the molecule is Cc1ccc(-c2nnc3n2C(=O)C(c2ccccc2)(c2ccccc2)N3)cc1. The molecule has 1 aliphatic rings. The Morgan fingerprint density at radius 3 is 1.93 bits per heavy atom. The van der Waals surface area contributed by atoms with Crippen molar-refractivity contribution in [3.8, 4) is 11.4 Å². The second-order valence-electron chi connectivity index (χ2n) is 6.96. The predicted molar refractivity (Wildman–Crippen MR) is 108 cm³/mol. The van der Waals surface area contributed by atoms with Crippen LogP contribution >= 0.6 is 0 Å². The zero-order chi connectivity index (χ0) is 19.1. The molecule has 2 heterocycles. The maximum atomic E-state index is 13.9. The minimum atomic E-state index is -1.03. The number of hydrogen-bond acceptors (Lipinski definition) is 4. The fourth-order valence-corrected chi connectivity index (χ4v) is 3.77. The zero-order valence-corrected chi connectivity index (χ0v) is 15.3. The van der Waals surface area contributed by atoms with Crippen molar-refractivity contribution in [3.63, 3.8) is 0 Å². The van der Waals surface area contributed by atoms with Crippen LogP contribution in [0.5, 0.6) is 0 Å². The Labute approximate surface area is 162 Å². The van der Waals surface area contributed by atoms with Crippen molar-refractivity contribution in [3.05, 3.63) is 102 Å². The van der Waals surface area contributed by atoms with Crippen LogP contribution in [0, 0.1) is 6.92 Å². The summed E-state index contributed by atoms with van der Waals surface area (Å²) in [5, 5.41) is 11.9. The van der Waals surface area contributed by atoms with Gasteiger partial charge < -0.3 is 5.32 Å². The molecule has 28 heavy (non-hydrogen) atoms. The first-order chi connectivity index (χ1) is 13.7. The molecule has 0 amide bonds. The van der Waals surface area contributed by atoms with Crippen LogP contribution in [0.1, 0.15) is 21.5 Å². The van der Waals surface area contributed by atoms with E-state index in [1.165, 1.54) is 0 Å². The highest BCUT2D eigenvalue weighted by Gasteiger charge is 2.50. The van der Waals surface area contributed by atoms with E-state index in [9.17, 15) is 4.79 Å². The van der Waals surface area contributed by atoms with E-state index in [1.54, 1.807) is 4.57 Å². The molecule has 4 aromatic rings. The van der Waals surface area contributed by atoms with E-state index in [1.807, 2.05) is 91.9 Å². The molecular weight excluding hydrogens is 348 g/mol. The predicted octanol–water partition coefficient (Wildman–Crippen LogP) is 4.26. The first kappa shape index (κ1) is 16.4. The number of carbonyl (C=O) groups excluding carboxylic acids is 1. The van der Waals surface area contributed by atoms with E-state index < -0.39 is 5.54 Å². The molecule has 1 N–H and O–H groups in total. The van der Waals surface area contributed by atoms with E-state index in [4.69, 9.17) is 0 Å². The number of nitrogens with one attached hydrogen (secondary N) is 1. The van der Waals surface area contributed by atoms with Gasteiger partial charge in [-0.15, -0.1) is 10.2 Å². The average Bonchev–Trinajstić information content (AvgIpc) is 3.29. The van der Waals surface area contributed by atoms with Crippen molar-refractivity contribution in [2.24, 2.45) is 0 Å². The summed E-state index contributed by atoms with van der Waals surface area (Å²) in [4.78, 5) is 13.9. The van der Waals surface area contributed by atoms with Crippen molar-refractivity contribution < 1.29 is 4.79 Å². The van der Waals surface area contributed by atoms with Crippen LogP contribution in [0.4, 0.5) is 5.95 Å². The van der Waals surface area contributed by atoms with Crippen LogP contribution < -0.4 is 5.32 Å². The first-order valence-electron chi connectivity index (χ1n) is 9.16. The van der Waals surface area contributed by atoms with Crippen LogP contribution in [-0.2, 0) is 5.54 Å². The Bertz CT molecular complexity index is 1110. The number of anilines is 1. The maximum absolute atomic E-state index is 13.9. The van der Waals surface area contributed by atoms with Crippen LogP contribution in [0.25, 0.3) is 11.4 Å². The van der Waals surface area contributed by atoms with Gasteiger partial charge in [-0.05, 0) is 18.1 Å². The lowest BCUT2D eigenvalue weighted by Crippen LogP contribution is -2.41. The van der Waals surface area contributed by atoms with Crippen LogP contribution in [0.2, 0.25) is 0 Å². The molecule has 0 fully saturated rings. The number of aromatic nitrogens is 3. The molecule has 136 valence electrons. The Morgan fingerprint density at radius 1 is 0.786 bits per heavy atom. The lowest BCUT2D eigenvalue weighted by atomic mass is 9.82. The lowest BCUT2D eigenvalue weighted by Gasteiger charge is -2.28. The Morgan fingerprint density at radius 2 is 1.36 bits per heavy atom. The van der Waals surface area contributed by atoms with Crippen molar-refractivity contribution >= 4 is 11.9 Å². The number of carbonyl (C=O) groups is 1. The van der Waals surface area contributed by atoms with E-state index in [0.717, 1.165) is 22.3 Å². The molecule has 1 aliphatic heterocycles. The summed E-state index contributed by atoms with van der Waals surface area (Å²) in [7, 11) is 0. The third-order valence-electron chi connectivity index (χ3n) is 5.21. The highest BCUT2D eigenvalue weighted by Crippen LogP contribution is 2.41. The number of aryl methyl sites for hydroxylation is 1. The zero-order valence-electron chi connectivity index (χ0n) is 15.3. The number of fused-ring (bicyclic) bond motifs is 1. The minimum Gasteiger partial charge on any atom is -0.332 e. The lowest BCUT2D eigenvalue weighted by molar-refractivity contribution is 0.0869. The van der Waals surface area contributed by atoms with E-state index in [2.05, 4.69) is 15.5 Å². The molecular formula is C23H18N4O. The van der Waals surface area contributed by atoms with Crippen molar-refractivity contribution in [2.45, 2.75) is 12.5 Å². The van der Waals surface area contributed by atoms with Gasteiger partial charge in [-0.3, -0.25) is 4.79 Å². The van der Waals surface area contributed by atoms with Gasteiger partial charge in [0.2, 0.25) is 5.95 Å². The van der Waals surface area contributed by atoms with Crippen LogP contribution in [0.15, 0.2) is 84.9 Å². The van der Waals surface area contributed by atoms with Crippen LogP contribution in [0.3, 0.4) is 0 Å². The van der Waals surface area contributed by atoms with Crippen molar-refractivity contribution in [1.29, 1.82) is 0 Å². The third kappa shape index (κ3) is 2.29. The van der Waals surface area contributed by atoms with Gasteiger partial charge in [0.05, 0.1) is 0 Å². The summed E-state index contributed by atoms with van der Waals surface area (Å²) in [6.45, 7) is 2.03. The summed E-state index contributed by atoms with van der Waals surface area (Å²) >= 11 is 0. The monoisotopic (exact) mass is 366 g/mol. The minimum absolute atomic E-state index is 0.111. The molecule has 0 spiro atoms. The molecule has 0 atom stereocenters. The molecule has 0 aliphatic carbocycles. The molecule has 5 heteroatoms. The highest BCUT2D eigenvalue weighted by molar-refractivity contribution is 6.03. The molecule has 5 nitrogen and oxygen atoms in total. The molecule has 0 bridgehead atoms. The summed E-state index contributed by atoms with van der Waals surface area (Å²) in [5.74, 6) is 0.884. The fourth-order valence-electron chi connectivity index (χ4n) is 3.77. The number of hydrogen-bond donors (Lipinski definition) is 1. The topological polar surface area (TPSA) is 59.8 Å². The maximum Gasteiger partial charge on any atom is 0.270 e. The Hall–Kier alpha value is -3.73. The van der Waals surface area contributed by atoms with Gasteiger partial charge in [0.15, 0.2) is 11.4 Å². The summed E-state index contributed by atoms with van der Waals surface area (Å²) < 4.78 is 1.59. The molecule has 0 radical (unpaired) electrons. The van der Waals surface area contributed by atoms with Crippen molar-refractivity contribution in [1.82, 2.24) is 14.8 Å². The van der Waals surface area contributed by atoms with Crippen LogP contribution in [-0.4, -0.2) is 20.7 Å².